The van der Waals surface area contributed by atoms with E-state index in [1.54, 1.807) is 0 Å². The van der Waals surface area contributed by atoms with E-state index in [-0.39, 0.29) is 35.1 Å². The zero-order chi connectivity index (χ0) is 14.9. The van der Waals surface area contributed by atoms with Crippen molar-refractivity contribution in [2.75, 3.05) is 0 Å². The van der Waals surface area contributed by atoms with Gasteiger partial charge in [0.15, 0.2) is 0 Å². The van der Waals surface area contributed by atoms with Crippen LogP contribution in [0.15, 0.2) is 23.3 Å². The van der Waals surface area contributed by atoms with Gasteiger partial charge in [0.25, 0.3) is 0 Å². The van der Waals surface area contributed by atoms with Gasteiger partial charge in [-0.1, -0.05) is 11.6 Å². The topological polar surface area (TPSA) is 34.3 Å². The van der Waals surface area contributed by atoms with E-state index in [0.29, 0.717) is 0 Å². The predicted molar refractivity (Wildman–Crippen MR) is 78.7 cm³/mol. The first kappa shape index (κ1) is 14.3. The third-order valence-electron chi connectivity index (χ3n) is 4.97. The van der Waals surface area contributed by atoms with Crippen molar-refractivity contribution >= 4 is 0 Å². The van der Waals surface area contributed by atoms with Gasteiger partial charge in [-0.05, 0) is 60.1 Å². The van der Waals surface area contributed by atoms with Gasteiger partial charge in [0.05, 0.1) is 11.7 Å². The van der Waals surface area contributed by atoms with Crippen LogP contribution >= 0.6 is 0 Å². The summed E-state index contributed by atoms with van der Waals surface area (Å²) in [5.41, 5.74) is 2.09. The molecule has 3 fully saturated rings. The monoisotopic (exact) mass is 278 g/mol. The predicted octanol–water partition coefficient (Wildman–Crippen LogP) is 3.39. The molecule has 3 nitrogen and oxygen atoms in total. The second kappa shape index (κ2) is 3.96. The van der Waals surface area contributed by atoms with Gasteiger partial charge in [0.1, 0.15) is 23.4 Å². The van der Waals surface area contributed by atoms with Gasteiger partial charge in [0, 0.05) is 0 Å². The number of allylic oxidation sites excluding steroid dienone is 2. The summed E-state index contributed by atoms with van der Waals surface area (Å²) in [7, 11) is 0. The van der Waals surface area contributed by atoms with E-state index in [0.717, 1.165) is 0 Å². The number of epoxide rings is 2. The smallest absolute Gasteiger partial charge is 0.122 e. The first-order chi connectivity index (χ1) is 9.08. The maximum absolute atomic E-state index is 6.12. The van der Waals surface area contributed by atoms with Crippen molar-refractivity contribution in [3.63, 3.8) is 0 Å². The van der Waals surface area contributed by atoms with Crippen LogP contribution in [0.1, 0.15) is 48.5 Å². The largest absolute Gasteiger partial charge is 0.362 e. The second-order valence-corrected chi connectivity index (χ2v) is 7.50. The van der Waals surface area contributed by atoms with Gasteiger partial charge in [-0.25, -0.2) is 0 Å². The lowest BCUT2D eigenvalue weighted by atomic mass is 9.92. The minimum Gasteiger partial charge on any atom is -0.362 e. The van der Waals surface area contributed by atoms with Crippen LogP contribution in [0.25, 0.3) is 0 Å². The van der Waals surface area contributed by atoms with E-state index in [1.807, 2.05) is 0 Å². The van der Waals surface area contributed by atoms with Gasteiger partial charge >= 0.3 is 0 Å². The summed E-state index contributed by atoms with van der Waals surface area (Å²) in [6.45, 7) is 14.9. The molecule has 3 aliphatic heterocycles. The average Bonchev–Trinajstić information content (AvgIpc) is 3.12. The summed E-state index contributed by atoms with van der Waals surface area (Å²) in [6, 6.07) is 0. The molecule has 0 N–H and O–H groups in total. The highest BCUT2D eigenvalue weighted by molar-refractivity contribution is 5.33. The summed E-state index contributed by atoms with van der Waals surface area (Å²) in [5.74, 6) is 0. The lowest BCUT2D eigenvalue weighted by Gasteiger charge is -2.24. The lowest BCUT2D eigenvalue weighted by molar-refractivity contribution is -0.0719. The maximum Gasteiger partial charge on any atom is 0.122 e. The normalized spacial score (nSPS) is 50.0. The Morgan fingerprint density at radius 2 is 1.60 bits per heavy atom. The lowest BCUT2D eigenvalue weighted by Crippen LogP contribution is -2.30. The number of hydrogen-bond donors (Lipinski definition) is 0. The Morgan fingerprint density at radius 3 is 2.00 bits per heavy atom. The summed E-state index contributed by atoms with van der Waals surface area (Å²) < 4.78 is 17.6. The van der Waals surface area contributed by atoms with Gasteiger partial charge in [-0.3, -0.25) is 0 Å². The molecule has 5 atom stereocenters. The van der Waals surface area contributed by atoms with Crippen LogP contribution in [0.3, 0.4) is 0 Å². The molecule has 0 aromatic rings. The Balaban J connectivity index is 1.75. The molecule has 0 bridgehead atoms. The Hall–Kier alpha value is -0.640. The quantitative estimate of drug-likeness (QED) is 0.586. The molecule has 20 heavy (non-hydrogen) atoms. The fourth-order valence-corrected chi connectivity index (χ4v) is 3.72. The number of hydrogen-bond acceptors (Lipinski definition) is 3. The van der Waals surface area contributed by atoms with Crippen LogP contribution < -0.4 is 0 Å². The van der Waals surface area contributed by atoms with Gasteiger partial charge in [-0.2, -0.15) is 0 Å². The van der Waals surface area contributed by atoms with Crippen molar-refractivity contribution in [3.05, 3.63) is 23.3 Å². The van der Waals surface area contributed by atoms with Crippen molar-refractivity contribution in [2.24, 2.45) is 0 Å². The number of ether oxygens (including phenoxy) is 3. The summed E-state index contributed by atoms with van der Waals surface area (Å²) in [4.78, 5) is 0. The molecule has 3 rings (SSSR count). The van der Waals surface area contributed by atoms with E-state index in [2.05, 4.69) is 60.6 Å². The standard InChI is InChI=1S/C17H26O3/c1-10(8-11(2)13-15(4,5)19-13)9-16(6)14-17(7,20-14)12(3)18-16/h8-9,12-14H,1-7H3/b10-9+,11-8+/t12-,13+,14+,16+,17-/m1/s1. The van der Waals surface area contributed by atoms with E-state index in [4.69, 9.17) is 14.2 Å². The first-order valence-corrected chi connectivity index (χ1v) is 7.49. The van der Waals surface area contributed by atoms with Crippen molar-refractivity contribution in [1.29, 1.82) is 0 Å². The van der Waals surface area contributed by atoms with Gasteiger partial charge in [-0.15, -0.1) is 0 Å². The fourth-order valence-electron chi connectivity index (χ4n) is 3.72. The molecule has 0 radical (unpaired) electrons. The fraction of sp³-hybridized carbons (Fsp3) is 0.765. The third kappa shape index (κ3) is 2.07. The zero-order valence-electron chi connectivity index (χ0n) is 13.6. The SMILES string of the molecule is CC(=C\[C@]1(C)O[C@H](C)[C@@]2(C)O[C@H]21)/C=C(\C)[C@@H]1OC1(C)C. The summed E-state index contributed by atoms with van der Waals surface area (Å²) >= 11 is 0. The molecule has 0 amide bonds. The molecular weight excluding hydrogens is 252 g/mol. The Labute approximate surface area is 122 Å². The number of rotatable bonds is 3. The molecule has 0 aromatic heterocycles. The van der Waals surface area contributed by atoms with Crippen LogP contribution in [0.4, 0.5) is 0 Å². The average molecular weight is 278 g/mol. The molecule has 3 heterocycles. The van der Waals surface area contributed by atoms with Crippen molar-refractivity contribution in [3.8, 4) is 0 Å². The molecule has 3 saturated heterocycles. The molecular formula is C17H26O3. The maximum atomic E-state index is 6.12. The van der Waals surface area contributed by atoms with Crippen molar-refractivity contribution in [1.82, 2.24) is 0 Å². The van der Waals surface area contributed by atoms with E-state index < -0.39 is 0 Å². The first-order valence-electron chi connectivity index (χ1n) is 7.49. The van der Waals surface area contributed by atoms with Crippen LogP contribution in [0.5, 0.6) is 0 Å². The summed E-state index contributed by atoms with van der Waals surface area (Å²) in [5, 5.41) is 0. The summed E-state index contributed by atoms with van der Waals surface area (Å²) in [6.07, 6.45) is 4.99. The highest BCUT2D eigenvalue weighted by Crippen LogP contribution is 2.55. The third-order valence-corrected chi connectivity index (χ3v) is 4.97. The Kier molecular flexibility index (Phi) is 2.84. The molecule has 3 aliphatic rings. The second-order valence-electron chi connectivity index (χ2n) is 7.50. The molecule has 0 saturated carbocycles. The molecule has 0 unspecified atom stereocenters. The molecule has 0 spiro atoms. The van der Waals surface area contributed by atoms with Crippen LogP contribution in [-0.2, 0) is 14.2 Å². The van der Waals surface area contributed by atoms with Crippen LogP contribution in [0.2, 0.25) is 0 Å². The molecule has 3 heteroatoms. The van der Waals surface area contributed by atoms with E-state index in [1.165, 1.54) is 11.1 Å². The molecule has 0 aromatic carbocycles. The highest BCUT2D eigenvalue weighted by Gasteiger charge is 2.71. The van der Waals surface area contributed by atoms with Gasteiger partial charge in [0.2, 0.25) is 0 Å². The van der Waals surface area contributed by atoms with E-state index >= 15 is 0 Å². The zero-order valence-corrected chi connectivity index (χ0v) is 13.6. The minimum atomic E-state index is -0.311. The van der Waals surface area contributed by atoms with Crippen LogP contribution in [-0.4, -0.2) is 35.1 Å². The number of fused-ring (bicyclic) bond motifs is 1. The molecule has 0 aliphatic carbocycles. The van der Waals surface area contributed by atoms with E-state index in [9.17, 15) is 0 Å². The van der Waals surface area contributed by atoms with Crippen LogP contribution in [0, 0.1) is 0 Å². The van der Waals surface area contributed by atoms with Crippen molar-refractivity contribution < 1.29 is 14.2 Å². The van der Waals surface area contributed by atoms with Crippen molar-refractivity contribution in [2.45, 2.75) is 83.6 Å². The Bertz CT molecular complexity index is 504. The molecule has 112 valence electrons. The van der Waals surface area contributed by atoms with Gasteiger partial charge < -0.3 is 14.2 Å². The minimum absolute atomic E-state index is 0.00130. The Morgan fingerprint density at radius 1 is 1.00 bits per heavy atom. The highest BCUT2D eigenvalue weighted by atomic mass is 16.7.